The molecule has 0 atom stereocenters. The standard InChI is InChI=1S/C14H15N3OS2/c1-10(2)8-12(18)15-13-16-17-14(20-13)19-9-11-6-4-3-5-7-11/h3-8H,9H2,1-2H3,(H,15,16,18). The lowest BCUT2D eigenvalue weighted by Crippen LogP contribution is -2.07. The fraction of sp³-hybridized carbons (Fsp3) is 0.214. The Labute approximate surface area is 126 Å². The van der Waals surface area contributed by atoms with Crippen molar-refractivity contribution in [2.45, 2.75) is 23.9 Å². The van der Waals surface area contributed by atoms with E-state index in [9.17, 15) is 4.79 Å². The van der Waals surface area contributed by atoms with Crippen LogP contribution in [0.25, 0.3) is 0 Å². The number of thioether (sulfide) groups is 1. The van der Waals surface area contributed by atoms with Gasteiger partial charge in [0.1, 0.15) is 0 Å². The van der Waals surface area contributed by atoms with Gasteiger partial charge in [0.2, 0.25) is 11.0 Å². The average molecular weight is 305 g/mol. The summed E-state index contributed by atoms with van der Waals surface area (Å²) in [6.07, 6.45) is 1.54. The fourth-order valence-corrected chi connectivity index (χ4v) is 3.15. The van der Waals surface area contributed by atoms with E-state index in [1.165, 1.54) is 23.0 Å². The van der Waals surface area contributed by atoms with Crippen molar-refractivity contribution in [3.8, 4) is 0 Å². The number of rotatable bonds is 5. The first-order chi connectivity index (χ1) is 9.63. The summed E-state index contributed by atoms with van der Waals surface area (Å²) in [5.41, 5.74) is 2.19. The molecule has 0 aliphatic heterocycles. The normalized spacial score (nSPS) is 10.1. The van der Waals surface area contributed by atoms with E-state index in [0.717, 1.165) is 15.7 Å². The summed E-state index contributed by atoms with van der Waals surface area (Å²) >= 11 is 3.00. The van der Waals surface area contributed by atoms with Gasteiger partial charge in [-0.05, 0) is 19.4 Å². The van der Waals surface area contributed by atoms with Crippen molar-refractivity contribution in [2.24, 2.45) is 0 Å². The van der Waals surface area contributed by atoms with Crippen LogP contribution in [0.5, 0.6) is 0 Å². The van der Waals surface area contributed by atoms with Gasteiger partial charge in [-0.25, -0.2) is 0 Å². The topological polar surface area (TPSA) is 54.9 Å². The molecule has 2 aromatic rings. The molecule has 0 saturated heterocycles. The lowest BCUT2D eigenvalue weighted by atomic mass is 10.2. The van der Waals surface area contributed by atoms with Crippen LogP contribution < -0.4 is 5.32 Å². The number of benzene rings is 1. The zero-order valence-electron chi connectivity index (χ0n) is 11.3. The van der Waals surface area contributed by atoms with E-state index >= 15 is 0 Å². The Hall–Kier alpha value is -1.66. The summed E-state index contributed by atoms with van der Waals surface area (Å²) in [7, 11) is 0. The Bertz CT molecular complexity index is 604. The summed E-state index contributed by atoms with van der Waals surface area (Å²) in [6, 6.07) is 10.2. The maximum absolute atomic E-state index is 11.6. The van der Waals surface area contributed by atoms with E-state index in [2.05, 4.69) is 27.6 Å². The van der Waals surface area contributed by atoms with E-state index < -0.39 is 0 Å². The summed E-state index contributed by atoms with van der Waals surface area (Å²) in [4.78, 5) is 11.6. The number of allylic oxidation sites excluding steroid dienone is 1. The minimum Gasteiger partial charge on any atom is -0.297 e. The monoisotopic (exact) mass is 305 g/mol. The van der Waals surface area contributed by atoms with E-state index in [1.54, 1.807) is 11.8 Å². The molecule has 1 N–H and O–H groups in total. The van der Waals surface area contributed by atoms with Crippen molar-refractivity contribution in [1.29, 1.82) is 0 Å². The molecule has 0 aliphatic carbocycles. The summed E-state index contributed by atoms with van der Waals surface area (Å²) in [5, 5.41) is 11.3. The molecule has 0 bridgehead atoms. The number of nitrogens with zero attached hydrogens (tertiary/aromatic N) is 2. The van der Waals surface area contributed by atoms with Crippen LogP contribution in [0.3, 0.4) is 0 Å². The van der Waals surface area contributed by atoms with Crippen LogP contribution in [0, 0.1) is 0 Å². The van der Waals surface area contributed by atoms with Gasteiger partial charge in [-0.3, -0.25) is 10.1 Å². The third-order valence-electron chi connectivity index (χ3n) is 2.26. The molecule has 20 heavy (non-hydrogen) atoms. The number of carbonyl (C=O) groups is 1. The van der Waals surface area contributed by atoms with Gasteiger partial charge in [0.15, 0.2) is 4.34 Å². The minimum absolute atomic E-state index is 0.166. The van der Waals surface area contributed by atoms with Crippen LogP contribution in [0.15, 0.2) is 46.3 Å². The molecule has 0 spiro atoms. The molecule has 1 aromatic heterocycles. The second-order valence-corrected chi connectivity index (χ2v) is 6.56. The zero-order valence-corrected chi connectivity index (χ0v) is 12.9. The Morgan fingerprint density at radius 2 is 2.05 bits per heavy atom. The van der Waals surface area contributed by atoms with Crippen LogP contribution in [0.1, 0.15) is 19.4 Å². The number of anilines is 1. The first-order valence-corrected chi connectivity index (χ1v) is 7.90. The minimum atomic E-state index is -0.166. The van der Waals surface area contributed by atoms with Gasteiger partial charge in [-0.2, -0.15) is 0 Å². The number of hydrogen-bond donors (Lipinski definition) is 1. The van der Waals surface area contributed by atoms with Crippen molar-refractivity contribution >= 4 is 34.1 Å². The number of hydrogen-bond acceptors (Lipinski definition) is 5. The van der Waals surface area contributed by atoms with Crippen molar-refractivity contribution in [1.82, 2.24) is 10.2 Å². The lowest BCUT2D eigenvalue weighted by Gasteiger charge is -1.97. The third kappa shape index (κ3) is 4.79. The van der Waals surface area contributed by atoms with E-state index in [4.69, 9.17) is 0 Å². The largest absolute Gasteiger partial charge is 0.297 e. The van der Waals surface area contributed by atoms with Crippen molar-refractivity contribution in [2.75, 3.05) is 5.32 Å². The molecule has 6 heteroatoms. The number of nitrogens with one attached hydrogen (secondary N) is 1. The summed E-state index contributed by atoms with van der Waals surface area (Å²) in [5.74, 6) is 0.679. The van der Waals surface area contributed by atoms with Gasteiger partial charge >= 0.3 is 0 Å². The van der Waals surface area contributed by atoms with Gasteiger partial charge in [0, 0.05) is 11.8 Å². The van der Waals surface area contributed by atoms with Crippen LogP contribution >= 0.6 is 23.1 Å². The quantitative estimate of drug-likeness (QED) is 0.519. The second-order valence-electron chi connectivity index (χ2n) is 4.36. The lowest BCUT2D eigenvalue weighted by molar-refractivity contribution is -0.111. The number of amides is 1. The maximum atomic E-state index is 11.6. The van der Waals surface area contributed by atoms with Crippen LogP contribution in [-0.2, 0) is 10.5 Å². The van der Waals surface area contributed by atoms with Gasteiger partial charge in [0.25, 0.3) is 0 Å². The molecular formula is C14H15N3OS2. The SMILES string of the molecule is CC(C)=CC(=O)Nc1nnc(SCc2ccccc2)s1. The smallest absolute Gasteiger partial charge is 0.250 e. The molecular weight excluding hydrogens is 290 g/mol. The molecule has 104 valence electrons. The first kappa shape index (κ1) is 14.7. The van der Waals surface area contributed by atoms with Gasteiger partial charge in [-0.15, -0.1) is 10.2 Å². The summed E-state index contributed by atoms with van der Waals surface area (Å²) in [6.45, 7) is 3.75. The molecule has 0 fully saturated rings. The van der Waals surface area contributed by atoms with Crippen molar-refractivity contribution in [3.63, 3.8) is 0 Å². The molecule has 1 amide bonds. The van der Waals surface area contributed by atoms with Crippen molar-refractivity contribution in [3.05, 3.63) is 47.5 Å². The van der Waals surface area contributed by atoms with Crippen LogP contribution in [-0.4, -0.2) is 16.1 Å². The van der Waals surface area contributed by atoms with Gasteiger partial charge in [0.05, 0.1) is 0 Å². The van der Waals surface area contributed by atoms with Gasteiger partial charge < -0.3 is 0 Å². The highest BCUT2D eigenvalue weighted by atomic mass is 32.2. The number of carbonyl (C=O) groups excluding carboxylic acids is 1. The highest BCUT2D eigenvalue weighted by molar-refractivity contribution is 8.00. The Morgan fingerprint density at radius 3 is 2.75 bits per heavy atom. The molecule has 4 nitrogen and oxygen atoms in total. The van der Waals surface area contributed by atoms with E-state index in [1.807, 2.05) is 32.0 Å². The predicted octanol–water partition coefficient (Wildman–Crippen LogP) is 3.74. The highest BCUT2D eigenvalue weighted by Gasteiger charge is 2.07. The fourth-order valence-electron chi connectivity index (χ4n) is 1.44. The molecule has 1 aromatic carbocycles. The first-order valence-electron chi connectivity index (χ1n) is 6.09. The maximum Gasteiger partial charge on any atom is 0.250 e. The van der Waals surface area contributed by atoms with Crippen LogP contribution in [0.4, 0.5) is 5.13 Å². The second kappa shape index (κ2) is 7.21. The van der Waals surface area contributed by atoms with Crippen molar-refractivity contribution < 1.29 is 4.79 Å². The van der Waals surface area contributed by atoms with Gasteiger partial charge in [-0.1, -0.05) is 59.0 Å². The number of aromatic nitrogens is 2. The Morgan fingerprint density at radius 1 is 1.30 bits per heavy atom. The average Bonchev–Trinajstić information content (AvgIpc) is 2.84. The molecule has 0 unspecified atom stereocenters. The van der Waals surface area contributed by atoms with Crippen LogP contribution in [0.2, 0.25) is 0 Å². The zero-order chi connectivity index (χ0) is 14.4. The molecule has 0 aliphatic rings. The molecule has 0 radical (unpaired) electrons. The Kier molecular flexibility index (Phi) is 5.31. The Balaban J connectivity index is 1.89. The summed E-state index contributed by atoms with van der Waals surface area (Å²) < 4.78 is 0.848. The van der Waals surface area contributed by atoms with E-state index in [0.29, 0.717) is 5.13 Å². The molecule has 0 saturated carbocycles. The molecule has 1 heterocycles. The highest BCUT2D eigenvalue weighted by Crippen LogP contribution is 2.28. The van der Waals surface area contributed by atoms with E-state index in [-0.39, 0.29) is 5.91 Å². The molecule has 2 rings (SSSR count). The third-order valence-corrected chi connectivity index (χ3v) is 4.30. The predicted molar refractivity (Wildman–Crippen MR) is 84.0 cm³/mol.